The van der Waals surface area contributed by atoms with Gasteiger partial charge in [0.2, 0.25) is 11.6 Å². The van der Waals surface area contributed by atoms with E-state index in [0.717, 1.165) is 4.68 Å². The predicted octanol–water partition coefficient (Wildman–Crippen LogP) is 8.15. The minimum Gasteiger partial charge on any atom is -0.493 e. The van der Waals surface area contributed by atoms with Crippen molar-refractivity contribution in [3.05, 3.63) is 126 Å². The zero-order chi connectivity index (χ0) is 31.0. The molecule has 44 heavy (non-hydrogen) atoms. The zero-order valence-electron chi connectivity index (χ0n) is 22.7. The summed E-state index contributed by atoms with van der Waals surface area (Å²) in [5.41, 5.74) is 1.05. The molecular formula is C31H19Cl3N4O6. The van der Waals surface area contributed by atoms with Crippen LogP contribution < -0.4 is 15.0 Å². The van der Waals surface area contributed by atoms with Crippen molar-refractivity contribution >= 4 is 68.6 Å². The van der Waals surface area contributed by atoms with Gasteiger partial charge in [0.25, 0.3) is 5.56 Å². The molecule has 2 aromatic heterocycles. The molecule has 0 bridgehead atoms. The van der Waals surface area contributed by atoms with E-state index >= 15 is 0 Å². The number of fused-ring (bicyclic) bond motifs is 2. The minimum absolute atomic E-state index is 0.0360. The normalized spacial score (nSPS) is 11.5. The highest BCUT2D eigenvalue weighted by molar-refractivity contribution is 6.42. The summed E-state index contributed by atoms with van der Waals surface area (Å²) in [5, 5.41) is 18.7. The van der Waals surface area contributed by atoms with Crippen LogP contribution in [0.5, 0.6) is 11.5 Å². The lowest BCUT2D eigenvalue weighted by Gasteiger charge is -2.12. The second-order valence-corrected chi connectivity index (χ2v) is 10.7. The Morgan fingerprint density at radius 3 is 2.61 bits per heavy atom. The number of hydrogen-bond donors (Lipinski definition) is 0. The van der Waals surface area contributed by atoms with Gasteiger partial charge in [0.15, 0.2) is 11.5 Å². The number of ether oxygens (including phenoxy) is 2. The summed E-state index contributed by atoms with van der Waals surface area (Å²) >= 11 is 18.2. The number of methoxy groups -OCH3 is 1. The molecule has 4 aromatic carbocycles. The van der Waals surface area contributed by atoms with E-state index in [1.54, 1.807) is 66.7 Å². The van der Waals surface area contributed by atoms with Crippen LogP contribution in [0.4, 0.5) is 5.69 Å². The lowest BCUT2D eigenvalue weighted by molar-refractivity contribution is -0.386. The summed E-state index contributed by atoms with van der Waals surface area (Å²) in [6.07, 6.45) is 1.29. The van der Waals surface area contributed by atoms with E-state index < -0.39 is 10.5 Å². The van der Waals surface area contributed by atoms with E-state index in [2.05, 4.69) is 10.1 Å². The maximum atomic E-state index is 13.6. The number of hydrogen-bond acceptors (Lipinski definition) is 8. The van der Waals surface area contributed by atoms with Crippen LogP contribution in [0.25, 0.3) is 33.5 Å². The molecule has 0 saturated carbocycles. The van der Waals surface area contributed by atoms with E-state index in [4.69, 9.17) is 48.7 Å². The summed E-state index contributed by atoms with van der Waals surface area (Å²) in [6, 6.07) is 21.3. The van der Waals surface area contributed by atoms with E-state index in [9.17, 15) is 14.9 Å². The number of benzene rings is 4. The van der Waals surface area contributed by atoms with Crippen LogP contribution in [0.1, 0.15) is 11.1 Å². The average Bonchev–Trinajstić information content (AvgIpc) is 3.44. The molecule has 2 heterocycles. The molecular weight excluding hydrogens is 631 g/mol. The highest BCUT2D eigenvalue weighted by Crippen LogP contribution is 2.39. The first-order valence-corrected chi connectivity index (χ1v) is 14.0. The van der Waals surface area contributed by atoms with E-state index in [0.29, 0.717) is 42.5 Å². The van der Waals surface area contributed by atoms with Gasteiger partial charge in [-0.2, -0.15) is 9.78 Å². The Labute approximate surface area is 263 Å². The summed E-state index contributed by atoms with van der Waals surface area (Å²) in [7, 11) is 1.36. The van der Waals surface area contributed by atoms with Crippen molar-refractivity contribution in [2.75, 3.05) is 7.11 Å². The largest absolute Gasteiger partial charge is 0.493 e. The Kier molecular flexibility index (Phi) is 7.96. The molecule has 13 heteroatoms. The van der Waals surface area contributed by atoms with Crippen molar-refractivity contribution in [3.63, 3.8) is 0 Å². The molecule has 0 fully saturated rings. The van der Waals surface area contributed by atoms with E-state index in [1.165, 1.54) is 25.5 Å². The first-order chi connectivity index (χ1) is 21.2. The van der Waals surface area contributed by atoms with Crippen molar-refractivity contribution in [3.8, 4) is 23.1 Å². The smallest absolute Gasteiger partial charge is 0.315 e. The van der Waals surface area contributed by atoms with Gasteiger partial charge in [-0.15, -0.1) is 0 Å². The van der Waals surface area contributed by atoms with Gasteiger partial charge in [-0.1, -0.05) is 53.0 Å². The Morgan fingerprint density at radius 2 is 1.84 bits per heavy atom. The zero-order valence-corrected chi connectivity index (χ0v) is 24.9. The van der Waals surface area contributed by atoms with Gasteiger partial charge in [0, 0.05) is 22.0 Å². The fraction of sp³-hybridized carbons (Fsp3) is 0.0645. The fourth-order valence-electron chi connectivity index (χ4n) is 4.54. The molecule has 10 nitrogen and oxygen atoms in total. The number of para-hydroxylation sites is 1. The first-order valence-electron chi connectivity index (χ1n) is 12.9. The van der Waals surface area contributed by atoms with Crippen LogP contribution in [0.2, 0.25) is 15.1 Å². The molecule has 0 unspecified atom stereocenters. The molecule has 0 radical (unpaired) electrons. The Morgan fingerprint density at radius 1 is 1.02 bits per heavy atom. The Bertz CT molecular complexity index is 2180. The van der Waals surface area contributed by atoms with Gasteiger partial charge < -0.3 is 13.9 Å². The number of aromatic nitrogens is 2. The van der Waals surface area contributed by atoms with Crippen molar-refractivity contribution in [2.45, 2.75) is 6.61 Å². The van der Waals surface area contributed by atoms with Gasteiger partial charge in [0.1, 0.15) is 12.2 Å². The summed E-state index contributed by atoms with van der Waals surface area (Å²) in [4.78, 5) is 29.7. The molecule has 0 amide bonds. The number of nitrogens with zero attached hydrogens (tertiary/aromatic N) is 4. The molecule has 6 rings (SSSR count). The second kappa shape index (κ2) is 12.0. The number of nitro benzene ring substituents is 1. The maximum absolute atomic E-state index is 13.6. The van der Waals surface area contributed by atoms with Crippen molar-refractivity contribution in [1.82, 2.24) is 9.66 Å². The lowest BCUT2D eigenvalue weighted by atomic mass is 10.1. The maximum Gasteiger partial charge on any atom is 0.315 e. The number of halogens is 3. The molecule has 0 atom stereocenters. The van der Waals surface area contributed by atoms with Crippen LogP contribution in [0.15, 0.2) is 93.2 Å². The van der Waals surface area contributed by atoms with Crippen LogP contribution >= 0.6 is 34.8 Å². The first kappa shape index (κ1) is 29.2. The second-order valence-electron chi connectivity index (χ2n) is 9.47. The fourth-order valence-corrected chi connectivity index (χ4v) is 5.04. The quantitative estimate of drug-likeness (QED) is 0.0926. The SMILES string of the molecule is COc1cc(C=Nn2c(-c3cc4cc(Cl)ccc4o3)nc3ccccc3c2=O)cc([N+](=O)[O-])c1OCc1ccc(Cl)c(Cl)c1. The Balaban J connectivity index is 1.42. The molecule has 0 aliphatic heterocycles. The lowest BCUT2D eigenvalue weighted by Crippen LogP contribution is -2.20. The van der Waals surface area contributed by atoms with Gasteiger partial charge in [-0.25, -0.2) is 4.98 Å². The third-order valence-corrected chi connectivity index (χ3v) is 7.59. The molecule has 0 aliphatic carbocycles. The van der Waals surface area contributed by atoms with E-state index in [1.807, 2.05) is 0 Å². The molecule has 220 valence electrons. The van der Waals surface area contributed by atoms with Crippen molar-refractivity contribution in [2.24, 2.45) is 5.10 Å². The predicted molar refractivity (Wildman–Crippen MR) is 170 cm³/mol. The van der Waals surface area contributed by atoms with E-state index in [-0.39, 0.29) is 40.9 Å². The molecule has 0 spiro atoms. The third-order valence-electron chi connectivity index (χ3n) is 6.62. The monoisotopic (exact) mass is 648 g/mol. The average molecular weight is 650 g/mol. The van der Waals surface area contributed by atoms with Crippen LogP contribution in [-0.4, -0.2) is 27.9 Å². The van der Waals surface area contributed by atoms with Crippen molar-refractivity contribution < 1.29 is 18.8 Å². The minimum atomic E-state index is -0.598. The molecule has 0 saturated heterocycles. The van der Waals surface area contributed by atoms with Crippen LogP contribution in [-0.2, 0) is 6.61 Å². The highest BCUT2D eigenvalue weighted by Gasteiger charge is 2.23. The highest BCUT2D eigenvalue weighted by atomic mass is 35.5. The summed E-state index contributed by atoms with van der Waals surface area (Å²) in [6.45, 7) is -0.0360. The number of nitro groups is 1. The number of rotatable bonds is 8. The molecule has 0 N–H and O–H groups in total. The standard InChI is InChI=1S/C31H19Cl3N4O6/c1-42-27-12-18(11-25(38(40)41)29(27)43-16-17-6-8-22(33)23(34)10-17)15-35-37-30(36-24-5-3-2-4-21(24)31(37)39)28-14-19-13-20(32)7-9-26(19)44-28/h2-15H,16H2,1H3. The molecule has 0 aliphatic rings. The van der Waals surface area contributed by atoms with Gasteiger partial charge in [-0.3, -0.25) is 14.9 Å². The van der Waals surface area contributed by atoms with Gasteiger partial charge in [-0.05, 0) is 60.2 Å². The Hall–Kier alpha value is -4.90. The van der Waals surface area contributed by atoms with Crippen LogP contribution in [0.3, 0.4) is 0 Å². The topological polar surface area (TPSA) is 122 Å². The summed E-state index contributed by atoms with van der Waals surface area (Å²) in [5.74, 6) is 0.392. The van der Waals surface area contributed by atoms with Gasteiger partial charge >= 0.3 is 5.69 Å². The third kappa shape index (κ3) is 5.70. The molecule has 6 aromatic rings. The number of furan rings is 1. The van der Waals surface area contributed by atoms with Crippen molar-refractivity contribution in [1.29, 1.82) is 0 Å². The summed E-state index contributed by atoms with van der Waals surface area (Å²) < 4.78 is 18.3. The van der Waals surface area contributed by atoms with Gasteiger partial charge in [0.05, 0.1) is 39.2 Å². The van der Waals surface area contributed by atoms with Crippen LogP contribution in [0, 0.1) is 10.1 Å².